The van der Waals surface area contributed by atoms with Crippen molar-refractivity contribution >= 4 is 24.4 Å². The van der Waals surface area contributed by atoms with Gasteiger partial charge in [0, 0.05) is 18.7 Å². The first kappa shape index (κ1) is 16.5. The van der Waals surface area contributed by atoms with E-state index in [0.717, 1.165) is 19.4 Å². The highest BCUT2D eigenvalue weighted by Gasteiger charge is 2.19. The number of nitrogens with zero attached hydrogens (tertiary/aromatic N) is 1. The number of aliphatic carboxylic acids is 2. The van der Waals surface area contributed by atoms with Crippen LogP contribution in [0.3, 0.4) is 0 Å². The van der Waals surface area contributed by atoms with Crippen molar-refractivity contribution in [2.75, 3.05) is 6.54 Å². The summed E-state index contributed by atoms with van der Waals surface area (Å²) in [5.41, 5.74) is 4.31. The van der Waals surface area contributed by atoms with Crippen LogP contribution in [0, 0.1) is 0 Å². The Bertz CT molecular complexity index is 661. The molecule has 1 aliphatic carbocycles. The molecule has 1 aromatic carbocycles. The average molecular weight is 314 g/mol. The minimum absolute atomic E-state index is 0.373. The zero-order valence-corrected chi connectivity index (χ0v) is 12.5. The predicted molar refractivity (Wildman–Crippen MR) is 87.4 cm³/mol. The predicted octanol–water partition coefficient (Wildman–Crippen LogP) is 1.73. The maximum Gasteiger partial charge on any atom is 0.328 e. The summed E-state index contributed by atoms with van der Waals surface area (Å²) in [7, 11) is 0. The van der Waals surface area contributed by atoms with E-state index >= 15 is 0 Å². The van der Waals surface area contributed by atoms with Gasteiger partial charge >= 0.3 is 11.9 Å². The Morgan fingerprint density at radius 1 is 1.13 bits per heavy atom. The standard InChI is InChI=1S/C13H14N2.C4H4O4/c1-2-4-11-7-12(6-5-10(11)3-1)13-8-14-9-15-13;5-3(6)1-2-4(7)8/h1-4,7,9,13H,5-6,8H2,(H,14,15);1-2H,(H,5,6)(H,7,8)/b;2-1+/t13-;/m1./s1. The number of carboxylic acids is 2. The third-order valence-corrected chi connectivity index (χ3v) is 3.53. The third-order valence-electron chi connectivity index (χ3n) is 3.53. The maximum absolute atomic E-state index is 9.55. The number of carbonyl (C=O) groups is 2. The molecule has 0 radical (unpaired) electrons. The lowest BCUT2D eigenvalue weighted by molar-refractivity contribution is -0.134. The van der Waals surface area contributed by atoms with Crippen molar-refractivity contribution in [2.45, 2.75) is 18.9 Å². The summed E-state index contributed by atoms with van der Waals surface area (Å²) in [6.07, 6.45) is 7.57. The van der Waals surface area contributed by atoms with Gasteiger partial charge in [-0.25, -0.2) is 9.59 Å². The van der Waals surface area contributed by atoms with E-state index in [0.29, 0.717) is 18.2 Å². The van der Waals surface area contributed by atoms with Crippen LogP contribution in [0.1, 0.15) is 17.5 Å². The molecule has 0 bridgehead atoms. The number of aryl methyl sites for hydroxylation is 1. The van der Waals surface area contributed by atoms with Gasteiger partial charge in [-0.15, -0.1) is 0 Å². The maximum atomic E-state index is 9.55. The topological polar surface area (TPSA) is 99.0 Å². The molecule has 3 N–H and O–H groups in total. The molecule has 0 amide bonds. The van der Waals surface area contributed by atoms with E-state index < -0.39 is 11.9 Å². The van der Waals surface area contributed by atoms with E-state index in [1.165, 1.54) is 16.7 Å². The smallest absolute Gasteiger partial charge is 0.328 e. The van der Waals surface area contributed by atoms with Crippen molar-refractivity contribution < 1.29 is 19.8 Å². The van der Waals surface area contributed by atoms with Gasteiger partial charge in [-0.05, 0) is 29.5 Å². The SMILES string of the molecule is C1=N[C@@H](C2=Cc3ccccc3CC2)CN1.O=C(O)/C=C/C(=O)O. The molecule has 23 heavy (non-hydrogen) atoms. The van der Waals surface area contributed by atoms with Crippen LogP contribution in [-0.2, 0) is 16.0 Å². The second-order valence-corrected chi connectivity index (χ2v) is 5.13. The molecule has 0 spiro atoms. The number of benzene rings is 1. The second-order valence-electron chi connectivity index (χ2n) is 5.13. The van der Waals surface area contributed by atoms with E-state index in [2.05, 4.69) is 40.7 Å². The Morgan fingerprint density at radius 2 is 1.83 bits per heavy atom. The third kappa shape index (κ3) is 5.10. The largest absolute Gasteiger partial charge is 0.478 e. The molecule has 1 heterocycles. The highest BCUT2D eigenvalue weighted by molar-refractivity contribution is 5.89. The molecule has 6 heteroatoms. The van der Waals surface area contributed by atoms with Gasteiger partial charge in [-0.2, -0.15) is 0 Å². The number of fused-ring (bicyclic) bond motifs is 1. The van der Waals surface area contributed by atoms with Gasteiger partial charge in [-0.3, -0.25) is 4.99 Å². The van der Waals surface area contributed by atoms with E-state index in [4.69, 9.17) is 10.2 Å². The summed E-state index contributed by atoms with van der Waals surface area (Å²) in [6.45, 7) is 0.966. The summed E-state index contributed by atoms with van der Waals surface area (Å²) < 4.78 is 0. The Hall–Kier alpha value is -2.89. The van der Waals surface area contributed by atoms with Crippen molar-refractivity contribution in [3.8, 4) is 0 Å². The van der Waals surface area contributed by atoms with Crippen LogP contribution >= 0.6 is 0 Å². The van der Waals surface area contributed by atoms with Gasteiger partial charge in [0.25, 0.3) is 0 Å². The van der Waals surface area contributed by atoms with Crippen molar-refractivity contribution in [1.29, 1.82) is 0 Å². The fraction of sp³-hybridized carbons (Fsp3) is 0.235. The van der Waals surface area contributed by atoms with Crippen molar-refractivity contribution in [3.05, 3.63) is 53.1 Å². The minimum atomic E-state index is -1.26. The van der Waals surface area contributed by atoms with Gasteiger partial charge in [0.05, 0.1) is 12.4 Å². The zero-order chi connectivity index (χ0) is 16.7. The summed E-state index contributed by atoms with van der Waals surface area (Å²) >= 11 is 0. The molecule has 0 aromatic heterocycles. The van der Waals surface area contributed by atoms with E-state index in [1.54, 1.807) is 0 Å². The highest BCUT2D eigenvalue weighted by atomic mass is 16.4. The highest BCUT2D eigenvalue weighted by Crippen LogP contribution is 2.27. The van der Waals surface area contributed by atoms with Gasteiger partial charge in [0.2, 0.25) is 0 Å². The summed E-state index contributed by atoms with van der Waals surface area (Å²) in [4.78, 5) is 23.5. The van der Waals surface area contributed by atoms with Crippen LogP contribution in [0.5, 0.6) is 0 Å². The van der Waals surface area contributed by atoms with Crippen molar-refractivity contribution in [3.63, 3.8) is 0 Å². The molecule has 3 rings (SSSR count). The van der Waals surface area contributed by atoms with Crippen molar-refractivity contribution in [2.24, 2.45) is 4.99 Å². The number of carboxylic acid groups (broad SMARTS) is 2. The fourth-order valence-electron chi connectivity index (χ4n) is 2.45. The van der Waals surface area contributed by atoms with Crippen LogP contribution in [0.25, 0.3) is 6.08 Å². The average Bonchev–Trinajstić information content (AvgIpc) is 3.07. The lowest BCUT2D eigenvalue weighted by Gasteiger charge is -2.19. The molecule has 120 valence electrons. The van der Waals surface area contributed by atoms with Crippen LogP contribution in [0.2, 0.25) is 0 Å². The molecule has 1 aliphatic heterocycles. The quantitative estimate of drug-likeness (QED) is 0.738. The van der Waals surface area contributed by atoms with Gasteiger partial charge in [0.1, 0.15) is 0 Å². The van der Waals surface area contributed by atoms with Crippen LogP contribution in [0.15, 0.2) is 47.0 Å². The second kappa shape index (κ2) is 7.93. The minimum Gasteiger partial charge on any atom is -0.478 e. The van der Waals surface area contributed by atoms with Crippen LogP contribution < -0.4 is 5.32 Å². The van der Waals surface area contributed by atoms with Gasteiger partial charge in [0.15, 0.2) is 0 Å². The van der Waals surface area contributed by atoms with E-state index in [9.17, 15) is 9.59 Å². The summed E-state index contributed by atoms with van der Waals surface area (Å²) in [5.74, 6) is -2.51. The zero-order valence-electron chi connectivity index (χ0n) is 12.5. The van der Waals surface area contributed by atoms with Crippen molar-refractivity contribution in [1.82, 2.24) is 5.32 Å². The van der Waals surface area contributed by atoms with Gasteiger partial charge < -0.3 is 15.5 Å². The molecule has 0 fully saturated rings. The van der Waals surface area contributed by atoms with Crippen LogP contribution in [-0.4, -0.2) is 41.1 Å². The summed E-state index contributed by atoms with van der Waals surface area (Å²) in [5, 5.41) is 18.8. The molecule has 0 unspecified atom stereocenters. The monoisotopic (exact) mass is 314 g/mol. The summed E-state index contributed by atoms with van der Waals surface area (Å²) in [6, 6.07) is 9.01. The molecular weight excluding hydrogens is 296 g/mol. The number of hydrogen-bond donors (Lipinski definition) is 3. The molecule has 0 saturated heterocycles. The lowest BCUT2D eigenvalue weighted by Crippen LogP contribution is -2.19. The first-order valence-electron chi connectivity index (χ1n) is 7.23. The van der Waals surface area contributed by atoms with E-state index in [1.807, 2.05) is 6.34 Å². The molecule has 1 aromatic rings. The Kier molecular flexibility index (Phi) is 5.68. The lowest BCUT2D eigenvalue weighted by atomic mass is 9.89. The fourth-order valence-corrected chi connectivity index (χ4v) is 2.45. The van der Waals surface area contributed by atoms with Crippen LogP contribution in [0.4, 0.5) is 0 Å². The number of aliphatic imine (C=N–C) groups is 1. The number of rotatable bonds is 3. The first-order chi connectivity index (χ1) is 11.1. The Balaban J connectivity index is 0.000000207. The number of hydrogen-bond acceptors (Lipinski definition) is 4. The van der Waals surface area contributed by atoms with Gasteiger partial charge in [-0.1, -0.05) is 30.3 Å². The molecule has 1 atom stereocenters. The normalized spacial score (nSPS) is 18.4. The molecular formula is C17H18N2O4. The molecule has 6 nitrogen and oxygen atoms in total. The van der Waals surface area contributed by atoms with E-state index in [-0.39, 0.29) is 0 Å². The molecule has 2 aliphatic rings. The Morgan fingerprint density at radius 3 is 2.43 bits per heavy atom. The number of nitrogens with one attached hydrogen (secondary N) is 1. The first-order valence-corrected chi connectivity index (χ1v) is 7.23. The Labute approximate surface area is 133 Å². The molecule has 0 saturated carbocycles.